The van der Waals surface area contributed by atoms with Gasteiger partial charge in [-0.05, 0) is 18.1 Å². The lowest BCUT2D eigenvalue weighted by Gasteiger charge is -2.20. The van der Waals surface area contributed by atoms with E-state index in [2.05, 4.69) is 0 Å². The van der Waals surface area contributed by atoms with E-state index in [1.165, 1.54) is 12.1 Å². The van der Waals surface area contributed by atoms with Crippen molar-refractivity contribution in [3.63, 3.8) is 0 Å². The van der Waals surface area contributed by atoms with Crippen LogP contribution in [-0.2, 0) is 4.79 Å². The van der Waals surface area contributed by atoms with E-state index >= 15 is 0 Å². The molecule has 1 unspecified atom stereocenters. The lowest BCUT2D eigenvalue weighted by atomic mass is 10.1. The number of ether oxygens (including phenoxy) is 1. The quantitative estimate of drug-likeness (QED) is 0.370. The highest BCUT2D eigenvalue weighted by Gasteiger charge is 2.27. The van der Waals surface area contributed by atoms with Crippen LogP contribution in [0.3, 0.4) is 0 Å². The zero-order valence-electron chi connectivity index (χ0n) is 10.4. The van der Waals surface area contributed by atoms with Crippen LogP contribution in [0.1, 0.15) is 13.8 Å². The van der Waals surface area contributed by atoms with Gasteiger partial charge in [0, 0.05) is 11.1 Å². The van der Waals surface area contributed by atoms with Gasteiger partial charge in [0.25, 0.3) is 5.91 Å². The maximum atomic E-state index is 11.5. The summed E-state index contributed by atoms with van der Waals surface area (Å²) >= 11 is 5.69. The lowest BCUT2D eigenvalue weighted by Crippen LogP contribution is -2.44. The largest absolute Gasteiger partial charge is 0.473 e. The second-order valence-electron chi connectivity index (χ2n) is 4.16. The molecule has 8 heteroatoms. The Morgan fingerprint density at radius 3 is 2.63 bits per heavy atom. The summed E-state index contributed by atoms with van der Waals surface area (Å²) in [6.45, 7) is 3.48. The number of benzene rings is 1. The summed E-state index contributed by atoms with van der Waals surface area (Å²) in [5, 5.41) is 11.1. The van der Waals surface area contributed by atoms with Crippen LogP contribution in [0.15, 0.2) is 18.2 Å². The van der Waals surface area contributed by atoms with Crippen LogP contribution in [-0.4, -0.2) is 16.9 Å². The van der Waals surface area contributed by atoms with Crippen molar-refractivity contribution in [2.24, 2.45) is 11.8 Å². The molecule has 0 saturated carbocycles. The number of carbonyl (C=O) groups is 1. The first-order chi connectivity index (χ1) is 8.86. The minimum Gasteiger partial charge on any atom is -0.473 e. The minimum atomic E-state index is -0.926. The molecule has 1 rings (SSSR count). The summed E-state index contributed by atoms with van der Waals surface area (Å²) in [6.07, 6.45) is -0.926. The molecule has 0 spiro atoms. The highest BCUT2D eigenvalue weighted by Crippen LogP contribution is 2.31. The molecular weight excluding hydrogens is 274 g/mol. The number of nitro groups is 1. The number of nitrogens with two attached hydrogens (primary N) is 1. The third-order valence-electron chi connectivity index (χ3n) is 2.38. The van der Waals surface area contributed by atoms with Crippen molar-refractivity contribution in [1.82, 2.24) is 5.43 Å². The fourth-order valence-corrected chi connectivity index (χ4v) is 1.61. The first-order valence-corrected chi connectivity index (χ1v) is 5.85. The van der Waals surface area contributed by atoms with Crippen LogP contribution in [0.25, 0.3) is 0 Å². The van der Waals surface area contributed by atoms with Crippen molar-refractivity contribution >= 4 is 23.2 Å². The molecule has 0 aliphatic rings. The van der Waals surface area contributed by atoms with Gasteiger partial charge in [-0.2, -0.15) is 0 Å². The number of hydrazine groups is 1. The van der Waals surface area contributed by atoms with Gasteiger partial charge in [0.2, 0.25) is 0 Å². The number of hydrogen-bond acceptors (Lipinski definition) is 5. The Morgan fingerprint density at radius 1 is 1.53 bits per heavy atom. The number of hydrogen-bond donors (Lipinski definition) is 2. The molecule has 0 radical (unpaired) electrons. The third kappa shape index (κ3) is 3.80. The molecule has 1 amide bonds. The topological polar surface area (TPSA) is 107 Å². The molecule has 19 heavy (non-hydrogen) atoms. The van der Waals surface area contributed by atoms with E-state index in [0.29, 0.717) is 0 Å². The molecule has 0 aromatic heterocycles. The Balaban J connectivity index is 3.09. The third-order valence-corrected chi connectivity index (χ3v) is 2.61. The summed E-state index contributed by atoms with van der Waals surface area (Å²) in [4.78, 5) is 21.8. The lowest BCUT2D eigenvalue weighted by molar-refractivity contribution is -0.386. The second kappa shape index (κ2) is 6.35. The van der Waals surface area contributed by atoms with Gasteiger partial charge in [0.1, 0.15) is 0 Å². The fraction of sp³-hybridized carbons (Fsp3) is 0.364. The fourth-order valence-electron chi connectivity index (χ4n) is 1.44. The minimum absolute atomic E-state index is 0.0308. The van der Waals surface area contributed by atoms with E-state index in [4.69, 9.17) is 22.2 Å². The Bertz CT molecular complexity index is 493. The molecule has 1 aromatic carbocycles. The second-order valence-corrected chi connectivity index (χ2v) is 4.60. The summed E-state index contributed by atoms with van der Waals surface area (Å²) in [6, 6.07) is 3.95. The van der Waals surface area contributed by atoms with Gasteiger partial charge in [0.05, 0.1) is 4.92 Å². The highest BCUT2D eigenvalue weighted by molar-refractivity contribution is 6.30. The van der Waals surface area contributed by atoms with Crippen molar-refractivity contribution in [2.75, 3.05) is 0 Å². The van der Waals surface area contributed by atoms with Crippen molar-refractivity contribution in [2.45, 2.75) is 20.0 Å². The number of halogens is 1. The zero-order valence-corrected chi connectivity index (χ0v) is 11.2. The summed E-state index contributed by atoms with van der Waals surface area (Å²) in [5.74, 6) is 4.26. The smallest absolute Gasteiger partial charge is 0.312 e. The molecular formula is C11H14ClN3O4. The van der Waals surface area contributed by atoms with E-state index in [9.17, 15) is 14.9 Å². The van der Waals surface area contributed by atoms with E-state index in [0.717, 1.165) is 6.07 Å². The molecule has 1 atom stereocenters. The standard InChI is InChI=1S/C11H14ClN3O4/c1-6(2)10(11(16)14-13)19-9-4-3-7(12)5-8(9)15(17)18/h3-6,10H,13H2,1-2H3,(H,14,16). The van der Waals surface area contributed by atoms with Crippen molar-refractivity contribution < 1.29 is 14.5 Å². The van der Waals surface area contributed by atoms with Crippen LogP contribution < -0.4 is 16.0 Å². The van der Waals surface area contributed by atoms with Crippen molar-refractivity contribution in [3.8, 4) is 5.75 Å². The number of nitrogens with zero attached hydrogens (tertiary/aromatic N) is 1. The van der Waals surface area contributed by atoms with E-state index < -0.39 is 16.9 Å². The Hall–Kier alpha value is -1.86. The first-order valence-electron chi connectivity index (χ1n) is 5.48. The molecule has 1 aromatic rings. The number of carbonyl (C=O) groups excluding carboxylic acids is 1. The maximum absolute atomic E-state index is 11.5. The molecule has 0 saturated heterocycles. The Labute approximate surface area is 114 Å². The molecule has 0 aliphatic carbocycles. The number of amides is 1. The number of nitro benzene ring substituents is 1. The molecule has 0 bridgehead atoms. The monoisotopic (exact) mass is 287 g/mol. The molecule has 104 valence electrons. The van der Waals surface area contributed by atoms with E-state index in [-0.39, 0.29) is 22.4 Å². The van der Waals surface area contributed by atoms with E-state index in [1.54, 1.807) is 13.8 Å². The van der Waals surface area contributed by atoms with Crippen LogP contribution in [0, 0.1) is 16.0 Å². The zero-order chi connectivity index (χ0) is 14.6. The summed E-state index contributed by atoms with van der Waals surface area (Å²) < 4.78 is 5.38. The van der Waals surface area contributed by atoms with E-state index in [1.807, 2.05) is 5.43 Å². The number of rotatable bonds is 5. The van der Waals surface area contributed by atoms with Crippen LogP contribution in [0.5, 0.6) is 5.75 Å². The summed E-state index contributed by atoms with van der Waals surface area (Å²) in [7, 11) is 0. The van der Waals surface area contributed by atoms with Gasteiger partial charge >= 0.3 is 5.69 Å². The molecule has 0 aliphatic heterocycles. The highest BCUT2D eigenvalue weighted by atomic mass is 35.5. The van der Waals surface area contributed by atoms with Crippen molar-refractivity contribution in [3.05, 3.63) is 33.3 Å². The van der Waals surface area contributed by atoms with Crippen molar-refractivity contribution in [1.29, 1.82) is 0 Å². The predicted molar refractivity (Wildman–Crippen MR) is 69.7 cm³/mol. The predicted octanol–water partition coefficient (Wildman–Crippen LogP) is 1.64. The summed E-state index contributed by atoms with van der Waals surface area (Å²) in [5.41, 5.74) is 1.66. The van der Waals surface area contributed by atoms with Gasteiger partial charge < -0.3 is 4.74 Å². The van der Waals surface area contributed by atoms with Crippen LogP contribution >= 0.6 is 11.6 Å². The van der Waals surface area contributed by atoms with Gasteiger partial charge in [-0.3, -0.25) is 20.3 Å². The van der Waals surface area contributed by atoms with Crippen LogP contribution in [0.2, 0.25) is 5.02 Å². The number of nitrogens with one attached hydrogen (secondary N) is 1. The van der Waals surface area contributed by atoms with Gasteiger partial charge in [-0.1, -0.05) is 25.4 Å². The SMILES string of the molecule is CC(C)C(Oc1ccc(Cl)cc1[N+](=O)[O-])C(=O)NN. The Kier molecular flexibility index (Phi) is 5.08. The molecule has 0 heterocycles. The first kappa shape index (κ1) is 15.2. The Morgan fingerprint density at radius 2 is 2.16 bits per heavy atom. The molecule has 0 fully saturated rings. The normalized spacial score (nSPS) is 12.1. The average Bonchev–Trinajstić information content (AvgIpc) is 2.35. The van der Waals surface area contributed by atoms with Gasteiger partial charge in [-0.25, -0.2) is 5.84 Å². The van der Waals surface area contributed by atoms with Gasteiger partial charge in [0.15, 0.2) is 11.9 Å². The molecule has 7 nitrogen and oxygen atoms in total. The maximum Gasteiger partial charge on any atom is 0.312 e. The van der Waals surface area contributed by atoms with Crippen LogP contribution in [0.4, 0.5) is 5.69 Å². The van der Waals surface area contributed by atoms with Gasteiger partial charge in [-0.15, -0.1) is 0 Å². The molecule has 3 N–H and O–H groups in total. The average molecular weight is 288 g/mol.